The maximum absolute atomic E-state index is 12.4. The first-order chi connectivity index (χ1) is 11.7. The van der Waals surface area contributed by atoms with Crippen molar-refractivity contribution in [1.29, 1.82) is 0 Å². The number of thiazole rings is 1. The molecule has 1 aromatic rings. The second-order valence-corrected chi connectivity index (χ2v) is 8.73. The van der Waals surface area contributed by atoms with Crippen molar-refractivity contribution in [2.75, 3.05) is 32.8 Å². The molecule has 3 heterocycles. The van der Waals surface area contributed by atoms with Crippen molar-refractivity contribution < 1.29 is 9.90 Å². The van der Waals surface area contributed by atoms with Crippen LogP contribution in [0.5, 0.6) is 0 Å². The summed E-state index contributed by atoms with van der Waals surface area (Å²) in [5.41, 5.74) is 0.231. The zero-order valence-electron chi connectivity index (χ0n) is 14.2. The average molecular weight is 350 g/mol. The summed E-state index contributed by atoms with van der Waals surface area (Å²) < 4.78 is 0. The molecule has 6 heteroatoms. The zero-order valence-corrected chi connectivity index (χ0v) is 15.0. The molecule has 1 atom stereocenters. The highest BCUT2D eigenvalue weighted by molar-refractivity contribution is 7.09. The number of aromatic nitrogens is 1. The fourth-order valence-corrected chi connectivity index (χ4v) is 5.15. The summed E-state index contributed by atoms with van der Waals surface area (Å²) in [6.07, 6.45) is 7.33. The summed E-state index contributed by atoms with van der Waals surface area (Å²) in [6, 6.07) is 0. The number of aliphatic hydroxyl groups excluding tert-OH is 1. The van der Waals surface area contributed by atoms with Crippen LogP contribution in [0.1, 0.15) is 37.1 Å². The van der Waals surface area contributed by atoms with E-state index in [1.807, 2.05) is 16.5 Å². The Morgan fingerprint density at radius 2 is 2.04 bits per heavy atom. The first kappa shape index (κ1) is 16.5. The van der Waals surface area contributed by atoms with E-state index in [1.165, 1.54) is 5.01 Å². The second-order valence-electron chi connectivity index (χ2n) is 7.75. The molecule has 2 saturated heterocycles. The van der Waals surface area contributed by atoms with Gasteiger partial charge in [-0.25, -0.2) is 4.98 Å². The normalized spacial score (nSPS) is 27.5. The highest BCUT2D eigenvalue weighted by Crippen LogP contribution is 2.46. The number of nitrogens with zero attached hydrogens (tertiary/aromatic N) is 3. The Morgan fingerprint density at radius 3 is 2.67 bits per heavy atom. The lowest BCUT2D eigenvalue weighted by Gasteiger charge is -2.51. The minimum Gasteiger partial charge on any atom is -0.396 e. The van der Waals surface area contributed by atoms with Crippen LogP contribution in [0.2, 0.25) is 0 Å². The van der Waals surface area contributed by atoms with Crippen LogP contribution in [0.25, 0.3) is 0 Å². The van der Waals surface area contributed by atoms with Crippen LogP contribution < -0.4 is 0 Å². The van der Waals surface area contributed by atoms with Crippen molar-refractivity contribution in [3.05, 3.63) is 16.6 Å². The predicted molar refractivity (Wildman–Crippen MR) is 93.6 cm³/mol. The number of carbonyl (C=O) groups excluding carboxylic acids is 1. The number of hydrogen-bond acceptors (Lipinski definition) is 5. The summed E-state index contributed by atoms with van der Waals surface area (Å²) in [5.74, 6) is 0.874. The lowest BCUT2D eigenvalue weighted by Crippen LogP contribution is -2.54. The van der Waals surface area contributed by atoms with Gasteiger partial charge in [0, 0.05) is 43.1 Å². The van der Waals surface area contributed by atoms with Gasteiger partial charge in [-0.15, -0.1) is 11.3 Å². The first-order valence-corrected chi connectivity index (χ1v) is 10.1. The molecule has 0 aromatic carbocycles. The van der Waals surface area contributed by atoms with Crippen molar-refractivity contribution in [3.8, 4) is 0 Å². The van der Waals surface area contributed by atoms with Crippen molar-refractivity contribution in [2.24, 2.45) is 17.3 Å². The monoisotopic (exact) mass is 349 g/mol. The molecule has 4 rings (SSSR count). The van der Waals surface area contributed by atoms with Gasteiger partial charge in [0.2, 0.25) is 5.91 Å². The molecule has 1 spiro atoms. The van der Waals surface area contributed by atoms with E-state index >= 15 is 0 Å². The van der Waals surface area contributed by atoms with Gasteiger partial charge in [0.05, 0.1) is 6.54 Å². The number of rotatable bonds is 4. The first-order valence-electron chi connectivity index (χ1n) is 9.20. The number of hydrogen-bond donors (Lipinski definition) is 1. The molecule has 1 N–H and O–H groups in total. The van der Waals surface area contributed by atoms with Gasteiger partial charge in [-0.1, -0.05) is 0 Å². The Morgan fingerprint density at radius 1 is 1.29 bits per heavy atom. The van der Waals surface area contributed by atoms with Crippen molar-refractivity contribution >= 4 is 17.2 Å². The van der Waals surface area contributed by atoms with Crippen LogP contribution in [-0.2, 0) is 11.3 Å². The minimum atomic E-state index is 0.209. The molecule has 3 fully saturated rings. The van der Waals surface area contributed by atoms with Gasteiger partial charge in [-0.3, -0.25) is 9.69 Å². The smallest absolute Gasteiger partial charge is 0.225 e. The van der Waals surface area contributed by atoms with Crippen LogP contribution in [-0.4, -0.2) is 58.6 Å². The Bertz CT molecular complexity index is 565. The van der Waals surface area contributed by atoms with Crippen LogP contribution in [0.4, 0.5) is 0 Å². The van der Waals surface area contributed by atoms with Gasteiger partial charge < -0.3 is 10.0 Å². The third-order valence-electron chi connectivity index (χ3n) is 6.34. The van der Waals surface area contributed by atoms with E-state index in [0.29, 0.717) is 11.8 Å². The number of carbonyl (C=O) groups is 1. The SMILES string of the molecule is O=C(C1CC1)N1CCC2(CCN(Cc3nccs3)CC2)[C@H](CO)C1. The quantitative estimate of drug-likeness (QED) is 0.903. The average Bonchev–Trinajstić information content (AvgIpc) is 3.34. The van der Waals surface area contributed by atoms with Gasteiger partial charge in [0.25, 0.3) is 0 Å². The Kier molecular flexibility index (Phi) is 4.62. The summed E-state index contributed by atoms with van der Waals surface area (Å²) in [5, 5.41) is 13.2. The maximum atomic E-state index is 12.4. The molecule has 1 saturated carbocycles. The van der Waals surface area contributed by atoms with Gasteiger partial charge in [0.1, 0.15) is 5.01 Å². The largest absolute Gasteiger partial charge is 0.396 e. The van der Waals surface area contributed by atoms with Gasteiger partial charge in [0.15, 0.2) is 0 Å². The fourth-order valence-electron chi connectivity index (χ4n) is 4.49. The molecular formula is C18H27N3O2S. The summed E-state index contributed by atoms with van der Waals surface area (Å²) in [6.45, 7) is 4.96. The summed E-state index contributed by atoms with van der Waals surface area (Å²) in [7, 11) is 0. The molecule has 1 amide bonds. The molecule has 3 aliphatic rings. The standard InChI is InChI=1S/C18H27N3O2S/c22-13-15-11-21(17(23)14-1-2-14)9-5-18(15)3-7-20(8-4-18)12-16-19-6-10-24-16/h6,10,14-15,22H,1-5,7-9,11-13H2/t15-/m0/s1. The fraction of sp³-hybridized carbons (Fsp3) is 0.778. The second kappa shape index (κ2) is 6.73. The van der Waals surface area contributed by atoms with E-state index in [-0.39, 0.29) is 17.9 Å². The van der Waals surface area contributed by atoms with E-state index < -0.39 is 0 Å². The van der Waals surface area contributed by atoms with Crippen molar-refractivity contribution in [1.82, 2.24) is 14.8 Å². The molecule has 24 heavy (non-hydrogen) atoms. The van der Waals surface area contributed by atoms with Gasteiger partial charge in [-0.05, 0) is 50.6 Å². The Balaban J connectivity index is 1.36. The van der Waals surface area contributed by atoms with Crippen molar-refractivity contribution in [3.63, 3.8) is 0 Å². The van der Waals surface area contributed by atoms with Crippen LogP contribution in [0.3, 0.4) is 0 Å². The predicted octanol–water partition coefficient (Wildman–Crippen LogP) is 1.98. The number of piperidine rings is 2. The van der Waals surface area contributed by atoms with E-state index in [0.717, 1.165) is 64.8 Å². The van der Waals surface area contributed by atoms with Gasteiger partial charge >= 0.3 is 0 Å². The molecular weight excluding hydrogens is 322 g/mol. The third-order valence-corrected chi connectivity index (χ3v) is 7.10. The number of aliphatic hydroxyl groups is 1. The molecule has 0 unspecified atom stereocenters. The summed E-state index contributed by atoms with van der Waals surface area (Å²) >= 11 is 1.72. The van der Waals surface area contributed by atoms with Gasteiger partial charge in [-0.2, -0.15) is 0 Å². The molecule has 5 nitrogen and oxygen atoms in total. The lowest BCUT2D eigenvalue weighted by atomic mass is 9.64. The highest BCUT2D eigenvalue weighted by atomic mass is 32.1. The minimum absolute atomic E-state index is 0.209. The molecule has 1 aromatic heterocycles. The van der Waals surface area contributed by atoms with Crippen LogP contribution >= 0.6 is 11.3 Å². The number of amides is 1. The molecule has 0 bridgehead atoms. The Hall–Kier alpha value is -0.980. The Labute approximate surface area is 147 Å². The van der Waals surface area contributed by atoms with Crippen LogP contribution in [0.15, 0.2) is 11.6 Å². The highest BCUT2D eigenvalue weighted by Gasteiger charge is 2.46. The lowest BCUT2D eigenvalue weighted by molar-refractivity contribution is -0.139. The molecule has 132 valence electrons. The molecule has 0 radical (unpaired) electrons. The van der Waals surface area contributed by atoms with E-state index in [2.05, 4.69) is 9.88 Å². The topological polar surface area (TPSA) is 56.7 Å². The maximum Gasteiger partial charge on any atom is 0.225 e. The van der Waals surface area contributed by atoms with E-state index in [9.17, 15) is 9.90 Å². The summed E-state index contributed by atoms with van der Waals surface area (Å²) in [4.78, 5) is 21.3. The molecule has 1 aliphatic carbocycles. The third kappa shape index (κ3) is 3.24. The molecule has 2 aliphatic heterocycles. The van der Waals surface area contributed by atoms with E-state index in [4.69, 9.17) is 0 Å². The van der Waals surface area contributed by atoms with Crippen LogP contribution in [0, 0.1) is 17.3 Å². The number of likely N-dealkylation sites (tertiary alicyclic amines) is 2. The van der Waals surface area contributed by atoms with E-state index in [1.54, 1.807) is 11.3 Å². The van der Waals surface area contributed by atoms with Crippen molar-refractivity contribution in [2.45, 2.75) is 38.6 Å². The zero-order chi connectivity index (χ0) is 16.6.